The molecule has 25 heavy (non-hydrogen) atoms. The summed E-state index contributed by atoms with van der Waals surface area (Å²) >= 11 is 0. The van der Waals surface area contributed by atoms with Crippen molar-refractivity contribution in [3.63, 3.8) is 0 Å². The maximum atomic E-state index is 12.2. The van der Waals surface area contributed by atoms with E-state index in [1.165, 1.54) is 0 Å². The third-order valence-corrected chi connectivity index (χ3v) is 8.72. The summed E-state index contributed by atoms with van der Waals surface area (Å²) < 4.78 is 6.29. The van der Waals surface area contributed by atoms with Crippen LogP contribution in [-0.2, 0) is 9.26 Å². The normalized spacial score (nSPS) is 12.6. The Hall–Kier alpha value is -2.40. The lowest BCUT2D eigenvalue weighted by Crippen LogP contribution is -2.42. The Morgan fingerprint density at radius 2 is 1.36 bits per heavy atom. The molecular formula is C20H25NO3Si. The van der Waals surface area contributed by atoms with Gasteiger partial charge < -0.3 is 9.26 Å². The highest BCUT2D eigenvalue weighted by Crippen LogP contribution is 2.37. The minimum Gasteiger partial charge on any atom is -0.528 e. The van der Waals surface area contributed by atoms with Crippen LogP contribution in [0.25, 0.3) is 0 Å². The van der Waals surface area contributed by atoms with E-state index in [9.17, 15) is 4.79 Å². The van der Waals surface area contributed by atoms with Crippen LogP contribution >= 0.6 is 0 Å². The van der Waals surface area contributed by atoms with E-state index < -0.39 is 14.3 Å². The molecule has 0 aliphatic carbocycles. The SMILES string of the molecule is CC(C)(C)[Si](C)(C)O/C(=N\OC(=O)c1ccccc1)c1ccccc1. The third kappa shape index (κ3) is 5.03. The van der Waals surface area contributed by atoms with Crippen LogP contribution in [0.3, 0.4) is 0 Å². The Bertz CT molecular complexity index is 735. The molecule has 0 amide bonds. The molecule has 0 aromatic heterocycles. The van der Waals surface area contributed by atoms with E-state index in [2.05, 4.69) is 39.0 Å². The average Bonchev–Trinajstić information content (AvgIpc) is 2.58. The number of nitrogens with zero attached hydrogens (tertiary/aromatic N) is 1. The summed E-state index contributed by atoms with van der Waals surface area (Å²) in [5, 5.41) is 4.05. The Labute approximate surface area is 150 Å². The molecule has 0 radical (unpaired) electrons. The van der Waals surface area contributed by atoms with Crippen molar-refractivity contribution < 1.29 is 14.1 Å². The predicted molar refractivity (Wildman–Crippen MR) is 103 cm³/mol. The van der Waals surface area contributed by atoms with Crippen LogP contribution in [0, 0.1) is 0 Å². The van der Waals surface area contributed by atoms with Crippen molar-refractivity contribution in [3.05, 3.63) is 71.8 Å². The monoisotopic (exact) mass is 355 g/mol. The van der Waals surface area contributed by atoms with Crippen molar-refractivity contribution in [1.82, 2.24) is 0 Å². The summed E-state index contributed by atoms with van der Waals surface area (Å²) in [6.45, 7) is 10.7. The number of benzene rings is 2. The molecule has 0 unspecified atom stereocenters. The van der Waals surface area contributed by atoms with Gasteiger partial charge in [0.2, 0.25) is 5.90 Å². The largest absolute Gasteiger partial charge is 0.528 e. The topological polar surface area (TPSA) is 47.9 Å². The van der Waals surface area contributed by atoms with Crippen LogP contribution in [0.2, 0.25) is 18.1 Å². The van der Waals surface area contributed by atoms with Gasteiger partial charge in [0.25, 0.3) is 8.32 Å². The standard InChI is InChI=1S/C20H25NO3Si/c1-20(2,3)25(4,5)24-18(16-12-8-6-9-13-16)21-23-19(22)17-14-10-7-11-15-17/h6-15H,1-5H3/b21-18-. The molecule has 0 aliphatic rings. The first-order valence-corrected chi connectivity index (χ1v) is 11.2. The Balaban J connectivity index is 2.28. The van der Waals surface area contributed by atoms with Crippen molar-refractivity contribution in [2.24, 2.45) is 5.16 Å². The number of hydrogen-bond acceptors (Lipinski definition) is 4. The second-order valence-corrected chi connectivity index (χ2v) is 12.1. The number of hydrogen-bond donors (Lipinski definition) is 0. The first kappa shape index (κ1) is 18.9. The van der Waals surface area contributed by atoms with E-state index in [-0.39, 0.29) is 5.04 Å². The lowest BCUT2D eigenvalue weighted by molar-refractivity contribution is 0.0508. The van der Waals surface area contributed by atoms with Gasteiger partial charge in [0.1, 0.15) is 0 Å². The van der Waals surface area contributed by atoms with Crippen LogP contribution in [-0.4, -0.2) is 20.2 Å². The van der Waals surface area contributed by atoms with Crippen molar-refractivity contribution in [3.8, 4) is 0 Å². The Kier molecular flexibility index (Phi) is 5.80. The van der Waals surface area contributed by atoms with E-state index in [1.807, 2.05) is 36.4 Å². The van der Waals surface area contributed by atoms with Gasteiger partial charge in [-0.3, -0.25) is 0 Å². The molecule has 2 aromatic carbocycles. The Morgan fingerprint density at radius 1 is 0.880 bits per heavy atom. The average molecular weight is 356 g/mol. The van der Waals surface area contributed by atoms with E-state index in [1.54, 1.807) is 24.3 Å². The maximum Gasteiger partial charge on any atom is 0.365 e. The van der Waals surface area contributed by atoms with E-state index in [0.717, 1.165) is 5.56 Å². The number of oxime groups is 1. The van der Waals surface area contributed by atoms with Gasteiger partial charge in [0.15, 0.2) is 0 Å². The van der Waals surface area contributed by atoms with Gasteiger partial charge in [-0.2, -0.15) is 0 Å². The first-order chi connectivity index (χ1) is 11.7. The smallest absolute Gasteiger partial charge is 0.365 e. The van der Waals surface area contributed by atoms with Crippen molar-refractivity contribution in [2.45, 2.75) is 38.9 Å². The molecule has 0 saturated carbocycles. The molecule has 4 nitrogen and oxygen atoms in total. The van der Waals surface area contributed by atoms with Gasteiger partial charge in [0.05, 0.1) is 5.56 Å². The first-order valence-electron chi connectivity index (χ1n) is 8.29. The van der Waals surface area contributed by atoms with Gasteiger partial charge in [0, 0.05) is 5.56 Å². The van der Waals surface area contributed by atoms with Gasteiger partial charge >= 0.3 is 5.97 Å². The van der Waals surface area contributed by atoms with Gasteiger partial charge in [-0.15, -0.1) is 0 Å². The van der Waals surface area contributed by atoms with E-state index in [0.29, 0.717) is 11.5 Å². The highest BCUT2D eigenvalue weighted by atomic mass is 28.4. The summed E-state index contributed by atoms with van der Waals surface area (Å²) in [7, 11) is -2.12. The van der Waals surface area contributed by atoms with Crippen molar-refractivity contribution in [2.75, 3.05) is 0 Å². The fraction of sp³-hybridized carbons (Fsp3) is 0.300. The summed E-state index contributed by atoms with van der Waals surface area (Å²) in [5.74, 6) is -0.163. The van der Waals surface area contributed by atoms with Gasteiger partial charge in [-0.05, 0) is 47.6 Å². The minimum absolute atomic E-state index is 0.00594. The number of carbonyl (C=O) groups excluding carboxylic acids is 1. The quantitative estimate of drug-likeness (QED) is 0.248. The molecule has 5 heteroatoms. The zero-order valence-corrected chi connectivity index (χ0v) is 16.4. The fourth-order valence-electron chi connectivity index (χ4n) is 1.82. The summed E-state index contributed by atoms with van der Waals surface area (Å²) in [6, 6.07) is 18.3. The predicted octanol–water partition coefficient (Wildman–Crippen LogP) is 5.23. The number of rotatable bonds is 4. The van der Waals surface area contributed by atoms with E-state index >= 15 is 0 Å². The third-order valence-electron chi connectivity index (χ3n) is 4.40. The summed E-state index contributed by atoms with van der Waals surface area (Å²) in [4.78, 5) is 17.3. The zero-order chi connectivity index (χ0) is 18.5. The van der Waals surface area contributed by atoms with Crippen molar-refractivity contribution in [1.29, 1.82) is 0 Å². The molecule has 0 spiro atoms. The molecule has 0 heterocycles. The van der Waals surface area contributed by atoms with Crippen LogP contribution in [0.4, 0.5) is 0 Å². The summed E-state index contributed by atoms with van der Waals surface area (Å²) in [6.07, 6.45) is 0. The lowest BCUT2D eigenvalue weighted by Gasteiger charge is -2.36. The van der Waals surface area contributed by atoms with Crippen LogP contribution in [0.1, 0.15) is 36.7 Å². The number of carbonyl (C=O) groups is 1. The van der Waals surface area contributed by atoms with Gasteiger partial charge in [-0.25, -0.2) is 4.79 Å². The summed E-state index contributed by atoms with van der Waals surface area (Å²) in [5.41, 5.74) is 1.24. The molecule has 2 aromatic rings. The Morgan fingerprint density at radius 3 is 1.84 bits per heavy atom. The molecular weight excluding hydrogens is 330 g/mol. The molecule has 2 rings (SSSR count). The second kappa shape index (κ2) is 7.65. The molecule has 0 bridgehead atoms. The highest BCUT2D eigenvalue weighted by molar-refractivity contribution is 6.75. The second-order valence-electron chi connectivity index (χ2n) is 7.37. The molecule has 0 atom stereocenters. The van der Waals surface area contributed by atoms with Crippen LogP contribution < -0.4 is 0 Å². The highest BCUT2D eigenvalue weighted by Gasteiger charge is 2.40. The molecule has 0 saturated heterocycles. The van der Waals surface area contributed by atoms with Crippen molar-refractivity contribution >= 4 is 20.2 Å². The van der Waals surface area contributed by atoms with E-state index in [4.69, 9.17) is 9.26 Å². The minimum atomic E-state index is -2.12. The fourth-order valence-corrected chi connectivity index (χ4v) is 2.76. The van der Waals surface area contributed by atoms with Crippen LogP contribution in [0.5, 0.6) is 0 Å². The molecule has 0 N–H and O–H groups in total. The van der Waals surface area contributed by atoms with Gasteiger partial charge in [-0.1, -0.05) is 57.2 Å². The maximum absolute atomic E-state index is 12.2. The lowest BCUT2D eigenvalue weighted by atomic mass is 10.2. The zero-order valence-electron chi connectivity index (χ0n) is 15.4. The van der Waals surface area contributed by atoms with Crippen LogP contribution in [0.15, 0.2) is 65.8 Å². The molecule has 0 aliphatic heterocycles. The molecule has 132 valence electrons. The molecule has 0 fully saturated rings.